The fourth-order valence-corrected chi connectivity index (χ4v) is 2.68. The van der Waals surface area contributed by atoms with Crippen molar-refractivity contribution in [2.75, 3.05) is 13.7 Å². The molecule has 0 saturated carbocycles. The Bertz CT molecular complexity index is 418. The molecule has 0 aromatic rings. The summed E-state index contributed by atoms with van der Waals surface area (Å²) in [7, 11) is 1.31. The van der Waals surface area contributed by atoms with Gasteiger partial charge in [-0.3, -0.25) is 0 Å². The quantitative estimate of drug-likeness (QED) is 0.623. The van der Waals surface area contributed by atoms with Crippen LogP contribution in [0, 0.1) is 0 Å². The molecule has 2 aliphatic heterocycles. The van der Waals surface area contributed by atoms with E-state index in [1.54, 1.807) is 0 Å². The Labute approximate surface area is 125 Å². The number of carbonyl (C=O) groups is 1. The standard InChI is InChI=1S/C15H24O6/c1-14(2)19-9-12(21-14)15(3)8-7-10(16)11(20-15)5-6-13(17)18-4/h5-6,10-12,16H,7-9H2,1-4H3/b6-5+/t10-,11+,12+,15-/m0/s1. The highest BCUT2D eigenvalue weighted by Crippen LogP contribution is 2.38. The maximum absolute atomic E-state index is 11.2. The average Bonchev–Trinajstić information content (AvgIpc) is 2.80. The summed E-state index contributed by atoms with van der Waals surface area (Å²) >= 11 is 0. The summed E-state index contributed by atoms with van der Waals surface area (Å²) in [4.78, 5) is 11.2. The van der Waals surface area contributed by atoms with Gasteiger partial charge in [0, 0.05) is 6.08 Å². The van der Waals surface area contributed by atoms with Crippen molar-refractivity contribution in [2.24, 2.45) is 0 Å². The topological polar surface area (TPSA) is 74.2 Å². The van der Waals surface area contributed by atoms with Gasteiger partial charge >= 0.3 is 5.97 Å². The van der Waals surface area contributed by atoms with Crippen LogP contribution in [0.15, 0.2) is 12.2 Å². The first-order valence-corrected chi connectivity index (χ1v) is 7.19. The fraction of sp³-hybridized carbons (Fsp3) is 0.800. The van der Waals surface area contributed by atoms with Gasteiger partial charge < -0.3 is 24.1 Å². The molecular formula is C15H24O6. The molecule has 2 rings (SSSR count). The molecule has 0 amide bonds. The van der Waals surface area contributed by atoms with Gasteiger partial charge in [0.2, 0.25) is 0 Å². The highest BCUT2D eigenvalue weighted by Gasteiger charge is 2.48. The van der Waals surface area contributed by atoms with E-state index >= 15 is 0 Å². The second kappa shape index (κ2) is 6.04. The van der Waals surface area contributed by atoms with Crippen molar-refractivity contribution in [3.05, 3.63) is 12.2 Å². The van der Waals surface area contributed by atoms with E-state index in [0.717, 1.165) is 0 Å². The molecule has 4 atom stereocenters. The van der Waals surface area contributed by atoms with Gasteiger partial charge in [0.1, 0.15) is 12.2 Å². The number of rotatable bonds is 3. The van der Waals surface area contributed by atoms with Crippen LogP contribution in [0.5, 0.6) is 0 Å². The van der Waals surface area contributed by atoms with Gasteiger partial charge in [-0.05, 0) is 39.7 Å². The van der Waals surface area contributed by atoms with Crippen LogP contribution in [0.1, 0.15) is 33.6 Å². The van der Waals surface area contributed by atoms with Crippen molar-refractivity contribution in [1.82, 2.24) is 0 Å². The Morgan fingerprint density at radius 3 is 2.62 bits per heavy atom. The lowest BCUT2D eigenvalue weighted by Crippen LogP contribution is -2.52. The van der Waals surface area contributed by atoms with Crippen LogP contribution >= 0.6 is 0 Å². The highest BCUT2D eigenvalue weighted by atomic mass is 16.8. The van der Waals surface area contributed by atoms with E-state index in [2.05, 4.69) is 4.74 Å². The zero-order chi connectivity index (χ0) is 15.7. The molecule has 1 N–H and O–H groups in total. The van der Waals surface area contributed by atoms with Gasteiger partial charge in [0.15, 0.2) is 5.79 Å². The third-order valence-electron chi connectivity index (χ3n) is 4.03. The van der Waals surface area contributed by atoms with E-state index in [4.69, 9.17) is 14.2 Å². The molecule has 21 heavy (non-hydrogen) atoms. The molecule has 2 saturated heterocycles. The summed E-state index contributed by atoms with van der Waals surface area (Å²) in [5.41, 5.74) is -0.557. The van der Waals surface area contributed by atoms with Crippen LogP contribution < -0.4 is 0 Å². The molecule has 2 heterocycles. The first-order chi connectivity index (χ1) is 9.76. The summed E-state index contributed by atoms with van der Waals surface area (Å²) in [6.45, 7) is 6.13. The van der Waals surface area contributed by atoms with E-state index < -0.39 is 29.6 Å². The van der Waals surface area contributed by atoms with Crippen molar-refractivity contribution in [3.8, 4) is 0 Å². The normalized spacial score (nSPS) is 39.6. The Balaban J connectivity index is 2.05. The maximum atomic E-state index is 11.2. The summed E-state index contributed by atoms with van der Waals surface area (Å²) in [5.74, 6) is -1.09. The zero-order valence-electron chi connectivity index (χ0n) is 13.0. The first-order valence-electron chi connectivity index (χ1n) is 7.19. The Hall–Kier alpha value is -0.950. The van der Waals surface area contributed by atoms with E-state index in [9.17, 15) is 9.90 Å². The molecule has 0 bridgehead atoms. The van der Waals surface area contributed by atoms with Gasteiger partial charge in [-0.2, -0.15) is 0 Å². The van der Waals surface area contributed by atoms with Crippen molar-refractivity contribution < 1.29 is 28.8 Å². The second-order valence-corrected chi connectivity index (χ2v) is 6.20. The molecule has 120 valence electrons. The minimum atomic E-state index is -0.644. The lowest BCUT2D eigenvalue weighted by Gasteiger charge is -2.43. The average molecular weight is 300 g/mol. The number of hydrogen-bond acceptors (Lipinski definition) is 6. The van der Waals surface area contributed by atoms with E-state index in [0.29, 0.717) is 19.4 Å². The van der Waals surface area contributed by atoms with Crippen LogP contribution in [0.3, 0.4) is 0 Å². The molecule has 0 radical (unpaired) electrons. The molecule has 0 unspecified atom stereocenters. The van der Waals surface area contributed by atoms with Crippen molar-refractivity contribution in [2.45, 2.75) is 63.3 Å². The molecule has 0 aliphatic carbocycles. The summed E-state index contributed by atoms with van der Waals surface area (Å²) in [6.07, 6.45) is 2.65. The Kier molecular flexibility index (Phi) is 4.72. The van der Waals surface area contributed by atoms with Gasteiger partial charge in [0.05, 0.1) is 25.4 Å². The van der Waals surface area contributed by atoms with Crippen molar-refractivity contribution >= 4 is 5.97 Å². The first kappa shape index (κ1) is 16.4. The predicted molar refractivity (Wildman–Crippen MR) is 74.6 cm³/mol. The minimum absolute atomic E-state index is 0.200. The molecular weight excluding hydrogens is 276 g/mol. The van der Waals surface area contributed by atoms with E-state index in [1.165, 1.54) is 19.3 Å². The van der Waals surface area contributed by atoms with Crippen LogP contribution in [0.4, 0.5) is 0 Å². The largest absolute Gasteiger partial charge is 0.466 e. The molecule has 0 aromatic heterocycles. The van der Waals surface area contributed by atoms with E-state index in [-0.39, 0.29) is 6.10 Å². The van der Waals surface area contributed by atoms with Crippen LogP contribution in [-0.4, -0.2) is 54.5 Å². The number of carbonyl (C=O) groups excluding carboxylic acids is 1. The molecule has 0 aromatic carbocycles. The summed E-state index contributed by atoms with van der Waals surface area (Å²) in [6, 6.07) is 0. The Morgan fingerprint density at radius 2 is 2.05 bits per heavy atom. The molecule has 2 aliphatic rings. The van der Waals surface area contributed by atoms with Gasteiger partial charge in [-0.1, -0.05) is 0 Å². The number of methoxy groups -OCH3 is 1. The summed E-state index contributed by atoms with van der Waals surface area (Å²) in [5, 5.41) is 10.0. The minimum Gasteiger partial charge on any atom is -0.466 e. The molecule has 6 heteroatoms. The lowest BCUT2D eigenvalue weighted by atomic mass is 9.87. The van der Waals surface area contributed by atoms with Gasteiger partial charge in [-0.25, -0.2) is 4.79 Å². The molecule has 0 spiro atoms. The molecule has 6 nitrogen and oxygen atoms in total. The van der Waals surface area contributed by atoms with Gasteiger partial charge in [-0.15, -0.1) is 0 Å². The summed E-state index contributed by atoms with van der Waals surface area (Å²) < 4.78 is 22.0. The maximum Gasteiger partial charge on any atom is 0.330 e. The second-order valence-electron chi connectivity index (χ2n) is 6.20. The van der Waals surface area contributed by atoms with Crippen molar-refractivity contribution in [3.63, 3.8) is 0 Å². The third-order valence-corrected chi connectivity index (χ3v) is 4.03. The zero-order valence-corrected chi connectivity index (χ0v) is 13.0. The number of aliphatic hydroxyl groups excluding tert-OH is 1. The van der Waals surface area contributed by atoms with Crippen molar-refractivity contribution in [1.29, 1.82) is 0 Å². The van der Waals surface area contributed by atoms with Crippen LogP contribution in [-0.2, 0) is 23.7 Å². The third kappa shape index (κ3) is 3.83. The van der Waals surface area contributed by atoms with Crippen LogP contribution in [0.25, 0.3) is 0 Å². The number of hydrogen-bond donors (Lipinski definition) is 1. The monoisotopic (exact) mass is 300 g/mol. The Morgan fingerprint density at radius 1 is 1.33 bits per heavy atom. The number of esters is 1. The number of aliphatic hydroxyl groups is 1. The highest BCUT2D eigenvalue weighted by molar-refractivity contribution is 5.81. The smallest absolute Gasteiger partial charge is 0.330 e. The molecule has 2 fully saturated rings. The van der Waals surface area contributed by atoms with Gasteiger partial charge in [0.25, 0.3) is 0 Å². The predicted octanol–water partition coefficient (Wildman–Crippen LogP) is 1.17. The fourth-order valence-electron chi connectivity index (χ4n) is 2.68. The SMILES string of the molecule is COC(=O)/C=C/[C@H]1O[C@](C)([C@H]2COC(C)(C)O2)CC[C@@H]1O. The van der Waals surface area contributed by atoms with Crippen LogP contribution in [0.2, 0.25) is 0 Å². The van der Waals surface area contributed by atoms with E-state index in [1.807, 2.05) is 20.8 Å². The number of ether oxygens (including phenoxy) is 4. The lowest BCUT2D eigenvalue weighted by molar-refractivity contribution is -0.216.